The van der Waals surface area contributed by atoms with Gasteiger partial charge in [0.1, 0.15) is 0 Å². The second-order valence-corrected chi connectivity index (χ2v) is 9.70. The Balaban J connectivity index is 1.47. The fourth-order valence-electron chi connectivity index (χ4n) is 4.24. The largest absolute Gasteiger partial charge is 0.338 e. The Morgan fingerprint density at radius 1 is 1.03 bits per heavy atom. The number of aryl methyl sites for hydroxylation is 1. The quantitative estimate of drug-likeness (QED) is 0.502. The minimum Gasteiger partial charge on any atom is -0.338 e. The molecular weight excluding hydrogens is 438 g/mol. The first-order chi connectivity index (χ1) is 14.8. The van der Waals surface area contributed by atoms with Gasteiger partial charge >= 0.3 is 0 Å². The fourth-order valence-corrected chi connectivity index (χ4v) is 5.82. The van der Waals surface area contributed by atoms with Crippen LogP contribution < -0.4 is 0 Å². The van der Waals surface area contributed by atoms with Gasteiger partial charge in [0.2, 0.25) is 0 Å². The Morgan fingerprint density at radius 2 is 1.68 bits per heavy atom. The number of carbonyl (C=O) groups is 2. The van der Waals surface area contributed by atoms with Gasteiger partial charge in [-0.3, -0.25) is 19.7 Å². The summed E-state index contributed by atoms with van der Waals surface area (Å²) >= 11 is 7.72. The number of hydrogen-bond donors (Lipinski definition) is 0. The lowest BCUT2D eigenvalue weighted by atomic mass is 9.99. The molecule has 162 valence electrons. The van der Waals surface area contributed by atoms with E-state index in [1.807, 2.05) is 4.90 Å². The van der Waals surface area contributed by atoms with E-state index in [0.717, 1.165) is 5.75 Å². The number of likely N-dealkylation sites (tertiary alicyclic amines) is 1. The number of nitro groups is 1. The highest BCUT2D eigenvalue weighted by molar-refractivity contribution is 8.00. The molecule has 2 aliphatic rings. The van der Waals surface area contributed by atoms with Crippen LogP contribution in [0.5, 0.6) is 0 Å². The summed E-state index contributed by atoms with van der Waals surface area (Å²) in [6.07, 6.45) is 1.33. The molecule has 2 aromatic rings. The maximum absolute atomic E-state index is 13.1. The molecular formula is C22H22ClN3O4S. The summed E-state index contributed by atoms with van der Waals surface area (Å²) in [4.78, 5) is 40.2. The van der Waals surface area contributed by atoms with Gasteiger partial charge < -0.3 is 9.80 Å². The molecule has 0 unspecified atom stereocenters. The summed E-state index contributed by atoms with van der Waals surface area (Å²) in [5.41, 5.74) is 1.40. The van der Waals surface area contributed by atoms with Crippen LogP contribution in [-0.2, 0) is 0 Å². The first-order valence-electron chi connectivity index (χ1n) is 10.1. The Bertz CT molecular complexity index is 1040. The Labute approximate surface area is 189 Å². The van der Waals surface area contributed by atoms with E-state index in [9.17, 15) is 19.7 Å². The van der Waals surface area contributed by atoms with Crippen LogP contribution in [0.2, 0.25) is 5.02 Å². The van der Waals surface area contributed by atoms with E-state index in [0.29, 0.717) is 54.2 Å². The van der Waals surface area contributed by atoms with Gasteiger partial charge in [0.05, 0.1) is 9.79 Å². The number of amides is 2. The number of hydrogen-bond acceptors (Lipinski definition) is 5. The molecule has 31 heavy (non-hydrogen) atoms. The second-order valence-electron chi connectivity index (χ2n) is 7.81. The molecule has 0 bridgehead atoms. The van der Waals surface area contributed by atoms with Crippen LogP contribution in [0.3, 0.4) is 0 Å². The molecule has 9 heteroatoms. The van der Waals surface area contributed by atoms with Crippen LogP contribution in [-0.4, -0.2) is 56.8 Å². The number of benzene rings is 2. The van der Waals surface area contributed by atoms with Crippen molar-refractivity contribution in [3.63, 3.8) is 0 Å². The molecule has 4 rings (SSSR count). The Hall–Kier alpha value is -2.58. The third-order valence-corrected chi connectivity index (χ3v) is 7.80. The molecule has 0 atom stereocenters. The van der Waals surface area contributed by atoms with Crippen molar-refractivity contribution < 1.29 is 14.5 Å². The minimum atomic E-state index is -0.466. The average molecular weight is 460 g/mol. The van der Waals surface area contributed by atoms with Crippen LogP contribution in [0.1, 0.15) is 39.1 Å². The summed E-state index contributed by atoms with van der Waals surface area (Å²) in [6.45, 7) is 3.32. The maximum Gasteiger partial charge on any atom is 0.273 e. The summed E-state index contributed by atoms with van der Waals surface area (Å²) in [7, 11) is 0. The van der Waals surface area contributed by atoms with Crippen LogP contribution in [0.4, 0.5) is 5.69 Å². The number of carbonyl (C=O) groups excluding carboxylic acids is 2. The van der Waals surface area contributed by atoms with Gasteiger partial charge in [0.25, 0.3) is 17.5 Å². The van der Waals surface area contributed by atoms with Crippen molar-refractivity contribution in [1.82, 2.24) is 9.80 Å². The van der Waals surface area contributed by atoms with E-state index >= 15 is 0 Å². The van der Waals surface area contributed by atoms with Crippen LogP contribution in [0.15, 0.2) is 42.5 Å². The van der Waals surface area contributed by atoms with Crippen molar-refractivity contribution in [2.24, 2.45) is 0 Å². The Kier molecular flexibility index (Phi) is 5.94. The SMILES string of the molecule is Cc1ccc(C(=O)N2CCC3(CC2)SCCN3C(=O)c2ccc(Cl)cc2)cc1[N+](=O)[O-]. The lowest BCUT2D eigenvalue weighted by molar-refractivity contribution is -0.385. The molecule has 0 saturated carbocycles. The normalized spacial score (nSPS) is 17.7. The monoisotopic (exact) mass is 459 g/mol. The zero-order valence-electron chi connectivity index (χ0n) is 17.0. The van der Waals surface area contributed by atoms with E-state index in [4.69, 9.17) is 11.6 Å². The average Bonchev–Trinajstić information content (AvgIpc) is 3.17. The van der Waals surface area contributed by atoms with Gasteiger partial charge in [-0.05, 0) is 50.1 Å². The highest BCUT2D eigenvalue weighted by Crippen LogP contribution is 2.44. The molecule has 7 nitrogen and oxygen atoms in total. The number of nitro benzene ring substituents is 1. The molecule has 0 aliphatic carbocycles. The number of rotatable bonds is 3. The van der Waals surface area contributed by atoms with Gasteiger partial charge in [-0.2, -0.15) is 0 Å². The zero-order valence-corrected chi connectivity index (χ0v) is 18.6. The summed E-state index contributed by atoms with van der Waals surface area (Å²) in [5, 5.41) is 11.8. The topological polar surface area (TPSA) is 83.8 Å². The van der Waals surface area contributed by atoms with E-state index in [-0.39, 0.29) is 22.4 Å². The molecule has 0 aromatic heterocycles. The van der Waals surface area contributed by atoms with Crippen molar-refractivity contribution in [2.75, 3.05) is 25.4 Å². The lowest BCUT2D eigenvalue weighted by Crippen LogP contribution is -2.53. The van der Waals surface area contributed by atoms with Crippen molar-refractivity contribution in [2.45, 2.75) is 24.6 Å². The number of nitrogens with zero attached hydrogens (tertiary/aromatic N) is 3. The van der Waals surface area contributed by atoms with Crippen molar-refractivity contribution in [3.8, 4) is 0 Å². The standard InChI is InChI=1S/C22H22ClN3O4S/c1-15-2-3-17(14-19(15)26(29)30)20(27)24-10-8-22(9-11-24)25(12-13-31-22)21(28)16-4-6-18(23)7-5-16/h2-7,14H,8-13H2,1H3. The van der Waals surface area contributed by atoms with Gasteiger partial charge in [-0.15, -0.1) is 11.8 Å². The van der Waals surface area contributed by atoms with Gasteiger partial charge in [-0.1, -0.05) is 17.7 Å². The van der Waals surface area contributed by atoms with Crippen molar-refractivity contribution in [1.29, 1.82) is 0 Å². The van der Waals surface area contributed by atoms with Crippen molar-refractivity contribution >= 4 is 40.9 Å². The smallest absolute Gasteiger partial charge is 0.273 e. The first kappa shape index (κ1) is 21.6. The van der Waals surface area contributed by atoms with Crippen LogP contribution in [0.25, 0.3) is 0 Å². The van der Waals surface area contributed by atoms with Crippen LogP contribution >= 0.6 is 23.4 Å². The van der Waals surface area contributed by atoms with Crippen LogP contribution in [0, 0.1) is 17.0 Å². The molecule has 0 radical (unpaired) electrons. The van der Waals surface area contributed by atoms with E-state index in [2.05, 4.69) is 0 Å². The highest BCUT2D eigenvalue weighted by Gasteiger charge is 2.47. The molecule has 0 N–H and O–H groups in total. The molecule has 2 fully saturated rings. The summed E-state index contributed by atoms with van der Waals surface area (Å²) in [6, 6.07) is 11.5. The molecule has 2 aliphatic heterocycles. The molecule has 2 amide bonds. The van der Waals surface area contributed by atoms with E-state index in [1.165, 1.54) is 6.07 Å². The fraction of sp³-hybridized carbons (Fsp3) is 0.364. The van der Waals surface area contributed by atoms with Gasteiger partial charge in [0, 0.05) is 53.2 Å². The van der Waals surface area contributed by atoms with Gasteiger partial charge in [-0.25, -0.2) is 0 Å². The third kappa shape index (κ3) is 4.14. The zero-order chi connectivity index (χ0) is 22.2. The molecule has 2 aromatic carbocycles. The lowest BCUT2D eigenvalue weighted by Gasteiger charge is -2.44. The summed E-state index contributed by atoms with van der Waals surface area (Å²) < 4.78 is 0. The first-order valence-corrected chi connectivity index (χ1v) is 11.4. The molecule has 1 spiro atoms. The van der Waals surface area contributed by atoms with E-state index in [1.54, 1.807) is 60.0 Å². The highest BCUT2D eigenvalue weighted by atomic mass is 35.5. The Morgan fingerprint density at radius 3 is 2.32 bits per heavy atom. The maximum atomic E-state index is 13.1. The second kappa shape index (κ2) is 8.51. The predicted molar refractivity (Wildman–Crippen MR) is 121 cm³/mol. The van der Waals surface area contributed by atoms with Gasteiger partial charge in [0.15, 0.2) is 0 Å². The summed E-state index contributed by atoms with van der Waals surface area (Å²) in [5.74, 6) is 0.629. The minimum absolute atomic E-state index is 0.0180. The number of thioether (sulfide) groups is 1. The molecule has 2 saturated heterocycles. The third-order valence-electron chi connectivity index (χ3n) is 6.00. The number of halogens is 1. The van der Waals surface area contributed by atoms with E-state index < -0.39 is 4.92 Å². The number of piperidine rings is 1. The van der Waals surface area contributed by atoms with Crippen molar-refractivity contribution in [3.05, 3.63) is 74.3 Å². The molecule has 2 heterocycles. The predicted octanol–water partition coefficient (Wildman–Crippen LogP) is 4.38.